The van der Waals surface area contributed by atoms with Crippen molar-refractivity contribution in [2.24, 2.45) is 0 Å². The lowest BCUT2D eigenvalue weighted by Gasteiger charge is -2.07. The van der Waals surface area contributed by atoms with Crippen LogP contribution in [0.5, 0.6) is 0 Å². The minimum Gasteiger partial charge on any atom is -0.465 e. The van der Waals surface area contributed by atoms with E-state index < -0.39 is 5.97 Å². The smallest absolute Gasteiger partial charge is 0.339 e. The molecule has 0 unspecified atom stereocenters. The number of hydrogen-bond acceptors (Lipinski definition) is 5. The molecular formula is C23H27N3O2. The van der Waals surface area contributed by atoms with Crippen LogP contribution in [0.1, 0.15) is 32.6 Å². The average Bonchev–Trinajstić information content (AvgIpc) is 2.68. The van der Waals surface area contributed by atoms with Gasteiger partial charge in [-0.25, -0.2) is 4.79 Å². The van der Waals surface area contributed by atoms with Crippen LogP contribution >= 0.6 is 0 Å². The fourth-order valence-corrected chi connectivity index (χ4v) is 2.72. The first-order chi connectivity index (χ1) is 13.3. The zero-order valence-electron chi connectivity index (χ0n) is 16.5. The van der Waals surface area contributed by atoms with Gasteiger partial charge in [0.15, 0.2) is 0 Å². The summed E-state index contributed by atoms with van der Waals surface area (Å²) in [5.74, 6) is -0.400. The van der Waals surface area contributed by atoms with E-state index in [1.165, 1.54) is 18.2 Å². The Balaban J connectivity index is 0.000000221. The summed E-state index contributed by atoms with van der Waals surface area (Å²) in [5.41, 5.74) is 24.5. The number of rotatable bonds is 3. The van der Waals surface area contributed by atoms with Crippen molar-refractivity contribution in [3.05, 3.63) is 88.5 Å². The normalized spacial score (nSPS) is 9.96. The van der Waals surface area contributed by atoms with Crippen molar-refractivity contribution >= 4 is 23.0 Å². The molecule has 3 aromatic carbocycles. The molecule has 0 bridgehead atoms. The van der Waals surface area contributed by atoms with E-state index >= 15 is 0 Å². The highest BCUT2D eigenvalue weighted by Gasteiger charge is 2.06. The Bertz CT molecular complexity index is 918. The van der Waals surface area contributed by atoms with Gasteiger partial charge in [-0.1, -0.05) is 36.4 Å². The molecule has 0 radical (unpaired) electrons. The van der Waals surface area contributed by atoms with E-state index in [-0.39, 0.29) is 0 Å². The SMILES string of the molecule is COC(=O)c1ccccc1N.Cc1cc(Cc2ccc(N)c(C)c2)ccc1N. The largest absolute Gasteiger partial charge is 0.465 e. The number of aryl methyl sites for hydroxylation is 2. The summed E-state index contributed by atoms with van der Waals surface area (Å²) in [6.45, 7) is 4.07. The molecule has 0 heterocycles. The third-order valence-electron chi connectivity index (χ3n) is 4.44. The van der Waals surface area contributed by atoms with E-state index in [2.05, 4.69) is 29.0 Å². The number of para-hydroxylation sites is 1. The molecule has 0 saturated carbocycles. The molecule has 0 saturated heterocycles. The summed E-state index contributed by atoms with van der Waals surface area (Å²) in [5, 5.41) is 0. The molecule has 0 spiro atoms. The number of carbonyl (C=O) groups excluding carboxylic acids is 1. The fourth-order valence-electron chi connectivity index (χ4n) is 2.72. The molecule has 0 aliphatic heterocycles. The standard InChI is InChI=1S/C15H18N2.C8H9NO2/c1-10-7-12(3-5-14(10)16)9-13-4-6-15(17)11(2)8-13;1-11-8(10)6-4-2-3-5-7(6)9/h3-8H,9,16-17H2,1-2H3;2-5H,9H2,1H3. The van der Waals surface area contributed by atoms with E-state index in [9.17, 15) is 4.79 Å². The molecule has 5 nitrogen and oxygen atoms in total. The predicted octanol–water partition coefficient (Wildman–Crippen LogP) is 4.11. The van der Waals surface area contributed by atoms with Gasteiger partial charge in [-0.3, -0.25) is 0 Å². The Morgan fingerprint density at radius 1 is 0.786 bits per heavy atom. The number of esters is 1. The predicted molar refractivity (Wildman–Crippen MR) is 116 cm³/mol. The van der Waals surface area contributed by atoms with Crippen LogP contribution in [-0.2, 0) is 11.2 Å². The molecule has 5 heteroatoms. The second-order valence-electron chi connectivity index (χ2n) is 6.64. The van der Waals surface area contributed by atoms with E-state index in [1.54, 1.807) is 24.3 Å². The van der Waals surface area contributed by atoms with Gasteiger partial charge in [0.2, 0.25) is 0 Å². The van der Waals surface area contributed by atoms with Gasteiger partial charge in [0, 0.05) is 17.1 Å². The maximum absolute atomic E-state index is 10.9. The van der Waals surface area contributed by atoms with E-state index in [0.29, 0.717) is 11.3 Å². The number of nitrogen functional groups attached to an aromatic ring is 3. The third-order valence-corrected chi connectivity index (χ3v) is 4.44. The maximum atomic E-state index is 10.9. The molecule has 0 aliphatic rings. The molecule has 28 heavy (non-hydrogen) atoms. The maximum Gasteiger partial charge on any atom is 0.339 e. The van der Waals surface area contributed by atoms with Gasteiger partial charge >= 0.3 is 5.97 Å². The Labute approximate surface area is 166 Å². The van der Waals surface area contributed by atoms with Gasteiger partial charge in [0.25, 0.3) is 0 Å². The van der Waals surface area contributed by atoms with Crippen molar-refractivity contribution in [3.63, 3.8) is 0 Å². The zero-order valence-corrected chi connectivity index (χ0v) is 16.5. The number of carbonyl (C=O) groups is 1. The van der Waals surface area contributed by atoms with E-state index in [1.807, 2.05) is 26.0 Å². The van der Waals surface area contributed by atoms with Crippen LogP contribution in [0.15, 0.2) is 60.7 Å². The average molecular weight is 377 g/mol. The van der Waals surface area contributed by atoms with Gasteiger partial charge in [-0.2, -0.15) is 0 Å². The van der Waals surface area contributed by atoms with Crippen molar-refractivity contribution in [3.8, 4) is 0 Å². The summed E-state index contributed by atoms with van der Waals surface area (Å²) in [4.78, 5) is 10.9. The number of benzene rings is 3. The van der Waals surface area contributed by atoms with Crippen LogP contribution in [0.3, 0.4) is 0 Å². The van der Waals surface area contributed by atoms with Gasteiger partial charge in [0.05, 0.1) is 12.7 Å². The monoisotopic (exact) mass is 377 g/mol. The Hall–Kier alpha value is -3.47. The van der Waals surface area contributed by atoms with E-state index in [4.69, 9.17) is 17.2 Å². The van der Waals surface area contributed by atoms with Crippen LogP contribution in [0.2, 0.25) is 0 Å². The topological polar surface area (TPSA) is 104 Å². The zero-order chi connectivity index (χ0) is 20.7. The summed E-state index contributed by atoms with van der Waals surface area (Å²) < 4.78 is 4.50. The molecule has 0 atom stereocenters. The minimum atomic E-state index is -0.400. The highest BCUT2D eigenvalue weighted by molar-refractivity contribution is 5.94. The summed E-state index contributed by atoms with van der Waals surface area (Å²) >= 11 is 0. The van der Waals surface area contributed by atoms with Crippen LogP contribution in [-0.4, -0.2) is 13.1 Å². The quantitative estimate of drug-likeness (QED) is 0.470. The molecule has 0 amide bonds. The highest BCUT2D eigenvalue weighted by atomic mass is 16.5. The third kappa shape index (κ3) is 5.51. The lowest BCUT2D eigenvalue weighted by Crippen LogP contribution is -2.04. The molecular weight excluding hydrogens is 350 g/mol. The molecule has 0 aliphatic carbocycles. The molecule has 0 fully saturated rings. The molecule has 3 rings (SSSR count). The highest BCUT2D eigenvalue weighted by Crippen LogP contribution is 2.19. The van der Waals surface area contributed by atoms with Crippen molar-refractivity contribution < 1.29 is 9.53 Å². The van der Waals surface area contributed by atoms with Crippen LogP contribution in [0, 0.1) is 13.8 Å². The summed E-state index contributed by atoms with van der Waals surface area (Å²) in [6, 6.07) is 19.2. The summed E-state index contributed by atoms with van der Waals surface area (Å²) in [7, 11) is 1.33. The molecule has 146 valence electrons. The van der Waals surface area contributed by atoms with Crippen LogP contribution in [0.4, 0.5) is 17.1 Å². The first-order valence-corrected chi connectivity index (χ1v) is 8.94. The second-order valence-corrected chi connectivity index (χ2v) is 6.64. The molecule has 0 aromatic heterocycles. The van der Waals surface area contributed by atoms with Gasteiger partial charge in [0.1, 0.15) is 0 Å². The van der Waals surface area contributed by atoms with Crippen molar-refractivity contribution in [1.82, 2.24) is 0 Å². The number of nitrogens with two attached hydrogens (primary N) is 3. The second kappa shape index (κ2) is 9.46. The first-order valence-electron chi connectivity index (χ1n) is 8.94. The van der Waals surface area contributed by atoms with Crippen LogP contribution in [0.25, 0.3) is 0 Å². The lowest BCUT2D eigenvalue weighted by atomic mass is 10.0. The van der Waals surface area contributed by atoms with Crippen molar-refractivity contribution in [1.29, 1.82) is 0 Å². The lowest BCUT2D eigenvalue weighted by molar-refractivity contribution is 0.0602. The van der Waals surface area contributed by atoms with Gasteiger partial charge < -0.3 is 21.9 Å². The molecule has 3 aromatic rings. The fraction of sp³-hybridized carbons (Fsp3) is 0.174. The van der Waals surface area contributed by atoms with Crippen molar-refractivity contribution in [2.45, 2.75) is 20.3 Å². The number of hydrogen-bond donors (Lipinski definition) is 3. The Morgan fingerprint density at radius 3 is 1.71 bits per heavy atom. The van der Waals surface area contributed by atoms with Crippen LogP contribution < -0.4 is 17.2 Å². The Kier molecular flexibility index (Phi) is 7.04. The number of ether oxygens (including phenoxy) is 1. The number of anilines is 3. The van der Waals surface area contributed by atoms with Gasteiger partial charge in [-0.05, 0) is 66.8 Å². The Morgan fingerprint density at radius 2 is 1.29 bits per heavy atom. The van der Waals surface area contributed by atoms with E-state index in [0.717, 1.165) is 28.9 Å². The summed E-state index contributed by atoms with van der Waals surface area (Å²) in [6.07, 6.45) is 0.919. The van der Waals surface area contributed by atoms with Crippen molar-refractivity contribution in [2.75, 3.05) is 24.3 Å². The number of methoxy groups -OCH3 is 1. The molecule has 6 N–H and O–H groups in total. The van der Waals surface area contributed by atoms with Gasteiger partial charge in [-0.15, -0.1) is 0 Å². The minimum absolute atomic E-state index is 0.400. The first kappa shape index (κ1) is 20.8.